The maximum atomic E-state index is 13.6. The highest BCUT2D eigenvalue weighted by molar-refractivity contribution is 5.49. The maximum absolute atomic E-state index is 13.6. The summed E-state index contributed by atoms with van der Waals surface area (Å²) in [6.45, 7) is 1.85. The van der Waals surface area contributed by atoms with Crippen molar-refractivity contribution in [2.75, 3.05) is 12.4 Å². The molecule has 0 bridgehead atoms. The van der Waals surface area contributed by atoms with E-state index >= 15 is 0 Å². The van der Waals surface area contributed by atoms with Gasteiger partial charge in [-0.25, -0.2) is 4.39 Å². The molecular weight excluding hydrogens is 245 g/mol. The Balaban J connectivity index is 2.25. The first-order chi connectivity index (χ1) is 9.11. The second-order valence-corrected chi connectivity index (χ2v) is 4.27. The van der Waals surface area contributed by atoms with Crippen LogP contribution in [0.15, 0.2) is 42.5 Å². The third kappa shape index (κ3) is 2.96. The normalized spacial score (nSPS) is 11.9. The van der Waals surface area contributed by atoms with Gasteiger partial charge in [0, 0.05) is 5.56 Å². The highest BCUT2D eigenvalue weighted by Gasteiger charge is 2.13. The molecule has 0 amide bonds. The number of aromatic hydroxyl groups is 1. The molecular formula is C15H16FNO2. The fourth-order valence-electron chi connectivity index (χ4n) is 1.90. The van der Waals surface area contributed by atoms with Crippen LogP contribution in [0.2, 0.25) is 0 Å². The molecule has 0 spiro atoms. The van der Waals surface area contributed by atoms with Crippen LogP contribution in [0.4, 0.5) is 10.1 Å². The number of hydrogen-bond donors (Lipinski definition) is 2. The fourth-order valence-corrected chi connectivity index (χ4v) is 1.90. The van der Waals surface area contributed by atoms with E-state index < -0.39 is 0 Å². The van der Waals surface area contributed by atoms with Crippen LogP contribution < -0.4 is 10.1 Å². The summed E-state index contributed by atoms with van der Waals surface area (Å²) in [7, 11) is 1.56. The van der Waals surface area contributed by atoms with Gasteiger partial charge in [0.25, 0.3) is 0 Å². The number of phenols is 1. The first-order valence-electron chi connectivity index (χ1n) is 6.00. The van der Waals surface area contributed by atoms with Crippen LogP contribution in [0.5, 0.6) is 11.5 Å². The van der Waals surface area contributed by atoms with E-state index in [0.717, 1.165) is 0 Å². The van der Waals surface area contributed by atoms with Crippen molar-refractivity contribution < 1.29 is 14.2 Å². The predicted octanol–water partition coefficient (Wildman–Crippen LogP) is 3.71. The molecule has 0 heterocycles. The fraction of sp³-hybridized carbons (Fsp3) is 0.200. The van der Waals surface area contributed by atoms with Crippen LogP contribution in [0.3, 0.4) is 0 Å². The molecule has 19 heavy (non-hydrogen) atoms. The number of ether oxygens (including phenoxy) is 1. The van der Waals surface area contributed by atoms with Gasteiger partial charge in [0.05, 0.1) is 18.8 Å². The molecule has 1 atom stereocenters. The number of methoxy groups -OCH3 is 1. The van der Waals surface area contributed by atoms with Crippen molar-refractivity contribution in [2.45, 2.75) is 13.0 Å². The Hall–Kier alpha value is -2.23. The van der Waals surface area contributed by atoms with Gasteiger partial charge in [0.1, 0.15) is 17.3 Å². The first-order valence-corrected chi connectivity index (χ1v) is 6.00. The van der Waals surface area contributed by atoms with E-state index in [1.165, 1.54) is 6.07 Å². The van der Waals surface area contributed by atoms with E-state index in [4.69, 9.17) is 4.74 Å². The van der Waals surface area contributed by atoms with Crippen molar-refractivity contribution >= 4 is 5.69 Å². The molecule has 0 fully saturated rings. The summed E-state index contributed by atoms with van der Waals surface area (Å²) >= 11 is 0. The Bertz CT molecular complexity index is 572. The molecule has 1 unspecified atom stereocenters. The van der Waals surface area contributed by atoms with E-state index in [-0.39, 0.29) is 17.6 Å². The van der Waals surface area contributed by atoms with Gasteiger partial charge in [-0.3, -0.25) is 0 Å². The van der Waals surface area contributed by atoms with Gasteiger partial charge in [-0.2, -0.15) is 0 Å². The van der Waals surface area contributed by atoms with Gasteiger partial charge in [-0.1, -0.05) is 12.1 Å². The zero-order chi connectivity index (χ0) is 13.8. The molecule has 2 aromatic rings. The number of benzene rings is 2. The Morgan fingerprint density at radius 1 is 1.21 bits per heavy atom. The predicted molar refractivity (Wildman–Crippen MR) is 73.1 cm³/mol. The second kappa shape index (κ2) is 5.61. The minimum atomic E-state index is -0.322. The number of phenolic OH excluding ortho intramolecular Hbond substituents is 1. The van der Waals surface area contributed by atoms with Crippen LogP contribution in [0.1, 0.15) is 18.5 Å². The molecule has 3 nitrogen and oxygen atoms in total. The third-order valence-corrected chi connectivity index (χ3v) is 2.95. The van der Waals surface area contributed by atoms with Crippen molar-refractivity contribution in [3.8, 4) is 11.5 Å². The number of hydrogen-bond acceptors (Lipinski definition) is 3. The number of anilines is 1. The molecule has 0 aliphatic carbocycles. The Labute approximate surface area is 111 Å². The van der Waals surface area contributed by atoms with Crippen molar-refractivity contribution in [3.63, 3.8) is 0 Å². The van der Waals surface area contributed by atoms with Crippen LogP contribution in [-0.2, 0) is 0 Å². The topological polar surface area (TPSA) is 41.5 Å². The minimum absolute atomic E-state index is 0.150. The highest BCUT2D eigenvalue weighted by Crippen LogP contribution is 2.30. The van der Waals surface area contributed by atoms with Crippen LogP contribution in [0, 0.1) is 5.82 Å². The molecule has 0 aromatic heterocycles. The molecule has 4 heteroatoms. The molecule has 0 saturated heterocycles. The van der Waals surface area contributed by atoms with Gasteiger partial charge >= 0.3 is 0 Å². The molecule has 2 aromatic carbocycles. The summed E-state index contributed by atoms with van der Waals surface area (Å²) in [5, 5.41) is 12.9. The SMILES string of the molecule is COc1ccc(O)c(C(C)Nc2ccccc2F)c1. The summed E-state index contributed by atoms with van der Waals surface area (Å²) < 4.78 is 18.7. The quantitative estimate of drug-likeness (QED) is 0.881. The number of rotatable bonds is 4. The van der Waals surface area contributed by atoms with E-state index in [1.807, 2.05) is 6.92 Å². The first kappa shape index (κ1) is 13.2. The highest BCUT2D eigenvalue weighted by atomic mass is 19.1. The summed E-state index contributed by atoms with van der Waals surface area (Å²) in [6.07, 6.45) is 0. The lowest BCUT2D eigenvalue weighted by Gasteiger charge is -2.18. The van der Waals surface area contributed by atoms with Crippen LogP contribution in [-0.4, -0.2) is 12.2 Å². The summed E-state index contributed by atoms with van der Waals surface area (Å²) in [5.41, 5.74) is 1.06. The zero-order valence-corrected chi connectivity index (χ0v) is 10.9. The summed E-state index contributed by atoms with van der Waals surface area (Å²) in [6, 6.07) is 11.2. The monoisotopic (exact) mass is 261 g/mol. The van der Waals surface area contributed by atoms with Gasteiger partial charge in [-0.15, -0.1) is 0 Å². The molecule has 0 saturated carbocycles. The lowest BCUT2D eigenvalue weighted by atomic mass is 10.1. The Morgan fingerprint density at radius 3 is 2.63 bits per heavy atom. The number of halogens is 1. The van der Waals surface area contributed by atoms with Gasteiger partial charge in [0.2, 0.25) is 0 Å². The van der Waals surface area contributed by atoms with Crippen molar-refractivity contribution in [1.82, 2.24) is 0 Å². The van der Waals surface area contributed by atoms with Gasteiger partial charge < -0.3 is 15.2 Å². The van der Waals surface area contributed by atoms with Crippen LogP contribution in [0.25, 0.3) is 0 Å². The molecule has 0 aliphatic rings. The number of nitrogens with one attached hydrogen (secondary N) is 1. The van der Waals surface area contributed by atoms with E-state index in [1.54, 1.807) is 43.5 Å². The standard InChI is InChI=1S/C15H16FNO2/c1-10(17-14-6-4-3-5-13(14)16)12-9-11(19-2)7-8-15(12)18/h3-10,17-18H,1-2H3. The molecule has 0 aliphatic heterocycles. The smallest absolute Gasteiger partial charge is 0.146 e. The molecule has 2 N–H and O–H groups in total. The maximum Gasteiger partial charge on any atom is 0.146 e. The molecule has 0 radical (unpaired) electrons. The Morgan fingerprint density at radius 2 is 1.95 bits per heavy atom. The van der Waals surface area contributed by atoms with Crippen molar-refractivity contribution in [2.24, 2.45) is 0 Å². The third-order valence-electron chi connectivity index (χ3n) is 2.95. The lowest BCUT2D eigenvalue weighted by Crippen LogP contribution is -2.08. The van der Waals surface area contributed by atoms with Crippen molar-refractivity contribution in [1.29, 1.82) is 0 Å². The van der Waals surface area contributed by atoms with E-state index in [2.05, 4.69) is 5.32 Å². The molecule has 100 valence electrons. The Kier molecular flexibility index (Phi) is 3.90. The number of para-hydroxylation sites is 1. The minimum Gasteiger partial charge on any atom is -0.508 e. The molecule has 2 rings (SSSR count). The lowest BCUT2D eigenvalue weighted by molar-refractivity contribution is 0.410. The average Bonchev–Trinajstić information content (AvgIpc) is 2.42. The van der Waals surface area contributed by atoms with Gasteiger partial charge in [-0.05, 0) is 37.3 Å². The largest absolute Gasteiger partial charge is 0.508 e. The summed E-state index contributed by atoms with van der Waals surface area (Å²) in [5.74, 6) is 0.476. The zero-order valence-electron chi connectivity index (χ0n) is 10.9. The van der Waals surface area contributed by atoms with Gasteiger partial charge in [0.15, 0.2) is 0 Å². The van der Waals surface area contributed by atoms with Crippen molar-refractivity contribution in [3.05, 3.63) is 53.8 Å². The summed E-state index contributed by atoms with van der Waals surface area (Å²) in [4.78, 5) is 0. The average molecular weight is 261 g/mol. The van der Waals surface area contributed by atoms with E-state index in [9.17, 15) is 9.50 Å². The van der Waals surface area contributed by atoms with E-state index in [0.29, 0.717) is 17.0 Å². The van der Waals surface area contributed by atoms with Crippen LogP contribution >= 0.6 is 0 Å². The second-order valence-electron chi connectivity index (χ2n) is 4.27.